The Bertz CT molecular complexity index is 1290. The highest BCUT2D eigenvalue weighted by Crippen LogP contribution is 2.37. The summed E-state index contributed by atoms with van der Waals surface area (Å²) in [6.07, 6.45) is 1.24. The zero-order valence-electron chi connectivity index (χ0n) is 16.5. The summed E-state index contributed by atoms with van der Waals surface area (Å²) in [5, 5.41) is 3.73. The third kappa shape index (κ3) is 3.37. The second-order valence-corrected chi connectivity index (χ2v) is 7.03. The van der Waals surface area contributed by atoms with Gasteiger partial charge in [0.15, 0.2) is 0 Å². The summed E-state index contributed by atoms with van der Waals surface area (Å²) in [5.74, 6) is -0.755. The standard InChI is InChI=1S/C25H21N3O2/c1-3-23(29)27-21-11-7-10-17(15(21)2)18-12-13-19(25(26)30)24-20(18)14-22(28-24)16-8-5-4-6-9-16/h3-14,28H,1H2,2H3,(H2,26,30)(H,27,29). The van der Waals surface area contributed by atoms with E-state index in [9.17, 15) is 9.59 Å². The number of aromatic amines is 1. The van der Waals surface area contributed by atoms with Gasteiger partial charge in [0.05, 0.1) is 11.1 Å². The van der Waals surface area contributed by atoms with E-state index in [0.29, 0.717) is 16.8 Å². The highest BCUT2D eigenvalue weighted by atomic mass is 16.1. The number of nitrogens with one attached hydrogen (secondary N) is 2. The van der Waals surface area contributed by atoms with Crippen molar-refractivity contribution < 1.29 is 9.59 Å². The Labute approximate surface area is 174 Å². The molecule has 0 atom stereocenters. The van der Waals surface area contributed by atoms with Crippen LogP contribution in [0.15, 0.2) is 79.4 Å². The van der Waals surface area contributed by atoms with Gasteiger partial charge in [0.1, 0.15) is 0 Å². The molecule has 0 radical (unpaired) electrons. The molecule has 4 rings (SSSR count). The van der Waals surface area contributed by atoms with E-state index in [2.05, 4.69) is 16.9 Å². The summed E-state index contributed by atoms with van der Waals surface area (Å²) in [5.41, 5.74) is 12.2. The molecule has 5 heteroatoms. The van der Waals surface area contributed by atoms with Crippen molar-refractivity contribution >= 4 is 28.4 Å². The van der Waals surface area contributed by atoms with Crippen molar-refractivity contribution in [3.8, 4) is 22.4 Å². The number of hydrogen-bond donors (Lipinski definition) is 3. The van der Waals surface area contributed by atoms with Crippen LogP contribution in [0.3, 0.4) is 0 Å². The quantitative estimate of drug-likeness (QED) is 0.414. The lowest BCUT2D eigenvalue weighted by molar-refractivity contribution is -0.111. The first kappa shape index (κ1) is 19.2. The van der Waals surface area contributed by atoms with Crippen molar-refractivity contribution in [3.63, 3.8) is 0 Å². The number of anilines is 1. The topological polar surface area (TPSA) is 88.0 Å². The number of nitrogens with two attached hydrogens (primary N) is 1. The number of fused-ring (bicyclic) bond motifs is 1. The first-order chi connectivity index (χ1) is 14.5. The van der Waals surface area contributed by atoms with E-state index in [1.165, 1.54) is 6.08 Å². The summed E-state index contributed by atoms with van der Waals surface area (Å²) in [6.45, 7) is 5.46. The van der Waals surface area contributed by atoms with Gasteiger partial charge in [-0.25, -0.2) is 0 Å². The van der Waals surface area contributed by atoms with Crippen LogP contribution in [0.4, 0.5) is 5.69 Å². The van der Waals surface area contributed by atoms with Crippen molar-refractivity contribution in [1.29, 1.82) is 0 Å². The smallest absolute Gasteiger partial charge is 0.250 e. The Morgan fingerprint density at radius 2 is 1.77 bits per heavy atom. The van der Waals surface area contributed by atoms with Gasteiger partial charge in [0, 0.05) is 16.8 Å². The SMILES string of the molecule is C=CC(=O)Nc1cccc(-c2ccc(C(N)=O)c3[nH]c(-c4ccccc4)cc23)c1C. The first-order valence-corrected chi connectivity index (χ1v) is 9.54. The molecule has 1 heterocycles. The summed E-state index contributed by atoms with van der Waals surface area (Å²) in [7, 11) is 0. The molecule has 4 N–H and O–H groups in total. The van der Waals surface area contributed by atoms with Gasteiger partial charge in [-0.05, 0) is 53.5 Å². The molecule has 0 fully saturated rings. The van der Waals surface area contributed by atoms with Crippen molar-refractivity contribution in [2.45, 2.75) is 6.92 Å². The minimum absolute atomic E-state index is 0.266. The van der Waals surface area contributed by atoms with E-state index in [4.69, 9.17) is 5.73 Å². The number of H-pyrrole nitrogens is 1. The minimum atomic E-state index is -0.489. The van der Waals surface area contributed by atoms with Gasteiger partial charge in [-0.2, -0.15) is 0 Å². The van der Waals surface area contributed by atoms with Crippen molar-refractivity contribution in [2.24, 2.45) is 5.73 Å². The van der Waals surface area contributed by atoms with Crippen LogP contribution in [0.5, 0.6) is 0 Å². The molecule has 1 aromatic heterocycles. The molecule has 30 heavy (non-hydrogen) atoms. The average molecular weight is 395 g/mol. The summed E-state index contributed by atoms with van der Waals surface area (Å²) < 4.78 is 0. The monoisotopic (exact) mass is 395 g/mol. The maximum atomic E-state index is 12.0. The second kappa shape index (κ2) is 7.72. The van der Waals surface area contributed by atoms with Crippen LogP contribution in [0.1, 0.15) is 15.9 Å². The molecule has 0 spiro atoms. The van der Waals surface area contributed by atoms with Crippen molar-refractivity contribution in [2.75, 3.05) is 5.32 Å². The predicted octanol–water partition coefficient (Wildman–Crippen LogP) is 5.03. The predicted molar refractivity (Wildman–Crippen MR) is 121 cm³/mol. The lowest BCUT2D eigenvalue weighted by atomic mass is 9.94. The Hall–Kier alpha value is -4.12. The molecule has 0 bridgehead atoms. The number of carbonyl (C=O) groups excluding carboxylic acids is 2. The highest BCUT2D eigenvalue weighted by Gasteiger charge is 2.17. The normalized spacial score (nSPS) is 10.7. The minimum Gasteiger partial charge on any atom is -0.366 e. The zero-order valence-corrected chi connectivity index (χ0v) is 16.5. The van der Waals surface area contributed by atoms with Gasteiger partial charge in [0.2, 0.25) is 5.91 Å². The molecule has 5 nitrogen and oxygen atoms in total. The average Bonchev–Trinajstić information content (AvgIpc) is 3.20. The van der Waals surface area contributed by atoms with E-state index in [0.717, 1.165) is 33.3 Å². The molecule has 0 unspecified atom stereocenters. The number of benzene rings is 3. The maximum absolute atomic E-state index is 12.0. The summed E-state index contributed by atoms with van der Waals surface area (Å²) in [4.78, 5) is 27.2. The van der Waals surface area contributed by atoms with Crippen LogP contribution in [0, 0.1) is 6.92 Å². The third-order valence-corrected chi connectivity index (χ3v) is 5.21. The Kier molecular flexibility index (Phi) is 4.94. The molecule has 148 valence electrons. The molecule has 0 saturated heterocycles. The molecule has 0 aliphatic heterocycles. The Morgan fingerprint density at radius 1 is 1.00 bits per heavy atom. The van der Waals surface area contributed by atoms with Gasteiger partial charge in [0.25, 0.3) is 5.91 Å². The van der Waals surface area contributed by atoms with E-state index in [-0.39, 0.29) is 5.91 Å². The molecule has 0 aliphatic rings. The van der Waals surface area contributed by atoms with Gasteiger partial charge >= 0.3 is 0 Å². The van der Waals surface area contributed by atoms with Crippen LogP contribution >= 0.6 is 0 Å². The lowest BCUT2D eigenvalue weighted by Crippen LogP contribution is -2.11. The van der Waals surface area contributed by atoms with E-state index < -0.39 is 5.91 Å². The first-order valence-electron chi connectivity index (χ1n) is 9.54. The van der Waals surface area contributed by atoms with E-state index in [1.54, 1.807) is 6.07 Å². The van der Waals surface area contributed by atoms with Gasteiger partial charge in [-0.15, -0.1) is 0 Å². The molecule has 2 amide bonds. The fourth-order valence-corrected chi connectivity index (χ4v) is 3.68. The summed E-state index contributed by atoms with van der Waals surface area (Å²) in [6, 6.07) is 21.3. The fraction of sp³-hybridized carbons (Fsp3) is 0.0400. The van der Waals surface area contributed by atoms with E-state index in [1.807, 2.05) is 67.6 Å². The van der Waals surface area contributed by atoms with Crippen LogP contribution in [0.25, 0.3) is 33.3 Å². The van der Waals surface area contributed by atoms with Crippen LogP contribution in [-0.2, 0) is 4.79 Å². The number of rotatable bonds is 5. The largest absolute Gasteiger partial charge is 0.366 e. The Balaban J connectivity index is 1.94. The molecule has 0 saturated carbocycles. The van der Waals surface area contributed by atoms with E-state index >= 15 is 0 Å². The number of aromatic nitrogens is 1. The van der Waals surface area contributed by atoms with Gasteiger partial charge in [-0.1, -0.05) is 55.1 Å². The van der Waals surface area contributed by atoms with Crippen molar-refractivity contribution in [3.05, 3.63) is 90.5 Å². The molecule has 3 aromatic carbocycles. The number of amides is 2. The molecular formula is C25H21N3O2. The molecular weight excluding hydrogens is 374 g/mol. The summed E-state index contributed by atoms with van der Waals surface area (Å²) >= 11 is 0. The van der Waals surface area contributed by atoms with Crippen LogP contribution in [0.2, 0.25) is 0 Å². The highest BCUT2D eigenvalue weighted by molar-refractivity contribution is 6.11. The molecule has 4 aromatic rings. The number of carbonyl (C=O) groups is 2. The second-order valence-electron chi connectivity index (χ2n) is 7.03. The van der Waals surface area contributed by atoms with Crippen LogP contribution in [-0.4, -0.2) is 16.8 Å². The number of primary amides is 1. The zero-order chi connectivity index (χ0) is 21.3. The van der Waals surface area contributed by atoms with Gasteiger partial charge < -0.3 is 16.0 Å². The Morgan fingerprint density at radius 3 is 2.47 bits per heavy atom. The van der Waals surface area contributed by atoms with Crippen LogP contribution < -0.4 is 11.1 Å². The maximum Gasteiger partial charge on any atom is 0.250 e. The lowest BCUT2D eigenvalue weighted by Gasteiger charge is -2.13. The fourth-order valence-electron chi connectivity index (χ4n) is 3.68. The third-order valence-electron chi connectivity index (χ3n) is 5.21. The van der Waals surface area contributed by atoms with Crippen molar-refractivity contribution in [1.82, 2.24) is 4.98 Å². The van der Waals surface area contributed by atoms with Gasteiger partial charge in [-0.3, -0.25) is 9.59 Å². The number of hydrogen-bond acceptors (Lipinski definition) is 2. The molecule has 0 aliphatic carbocycles.